The molecule has 0 spiro atoms. The third kappa shape index (κ3) is 5.53. The molecule has 0 fully saturated rings. The van der Waals surface area contributed by atoms with Gasteiger partial charge in [-0.1, -0.05) is 41.9 Å². The molecule has 4 rings (SSSR count). The largest absolute Gasteiger partial charge is 0.396 e. The van der Waals surface area contributed by atoms with Crippen LogP contribution in [0, 0.1) is 6.92 Å². The summed E-state index contributed by atoms with van der Waals surface area (Å²) in [5, 5.41) is 13.0. The first-order valence-corrected chi connectivity index (χ1v) is 11.3. The van der Waals surface area contributed by atoms with Gasteiger partial charge in [0.05, 0.1) is 6.61 Å². The normalized spacial score (nSPS) is 11.1. The Morgan fingerprint density at radius 1 is 0.939 bits per heavy atom. The number of hydrogen-bond donors (Lipinski definition) is 1. The molecule has 6 nitrogen and oxygen atoms in total. The molecule has 0 aliphatic rings. The van der Waals surface area contributed by atoms with Crippen LogP contribution in [0.25, 0.3) is 34.0 Å². The number of nitrogens with zero attached hydrogens (tertiary/aromatic N) is 3. The molecular formula is C27H29N3O3. The smallest absolute Gasteiger partial charge is 0.258 e. The number of pyridine rings is 1. The van der Waals surface area contributed by atoms with Gasteiger partial charge < -0.3 is 14.4 Å². The molecule has 170 valence electrons. The lowest BCUT2D eigenvalue weighted by molar-refractivity contribution is 0.185. The Hall–Kier alpha value is -3.35. The SMILES string of the molecule is COCc1cc(-c2nc(-c3ccc(CCCCCO)nc3)no2)ccc1-c1ccccc1C. The van der Waals surface area contributed by atoms with Crippen molar-refractivity contribution in [3.05, 3.63) is 77.6 Å². The maximum atomic E-state index is 8.88. The van der Waals surface area contributed by atoms with E-state index >= 15 is 0 Å². The second-order valence-corrected chi connectivity index (χ2v) is 8.12. The Kier molecular flexibility index (Phi) is 7.60. The number of methoxy groups -OCH3 is 1. The fourth-order valence-corrected chi connectivity index (χ4v) is 3.90. The number of aliphatic hydroxyl groups excluding tert-OH is 1. The van der Waals surface area contributed by atoms with Crippen molar-refractivity contribution in [1.82, 2.24) is 15.1 Å². The minimum Gasteiger partial charge on any atom is -0.396 e. The van der Waals surface area contributed by atoms with Gasteiger partial charge in [-0.15, -0.1) is 0 Å². The fourth-order valence-electron chi connectivity index (χ4n) is 3.90. The van der Waals surface area contributed by atoms with Gasteiger partial charge in [-0.2, -0.15) is 4.98 Å². The predicted octanol–water partition coefficient (Wildman–Crippen LogP) is 5.63. The van der Waals surface area contributed by atoms with E-state index in [0.717, 1.165) is 53.6 Å². The Labute approximate surface area is 194 Å². The van der Waals surface area contributed by atoms with Gasteiger partial charge in [-0.05, 0) is 72.7 Å². The third-order valence-corrected chi connectivity index (χ3v) is 5.69. The summed E-state index contributed by atoms with van der Waals surface area (Å²) in [4.78, 5) is 9.13. The van der Waals surface area contributed by atoms with Crippen LogP contribution in [-0.2, 0) is 17.8 Å². The topological polar surface area (TPSA) is 81.3 Å². The first kappa shape index (κ1) is 22.8. The third-order valence-electron chi connectivity index (χ3n) is 5.69. The summed E-state index contributed by atoms with van der Waals surface area (Å²) in [6.07, 6.45) is 5.53. The summed E-state index contributed by atoms with van der Waals surface area (Å²) in [7, 11) is 1.70. The monoisotopic (exact) mass is 443 g/mol. The highest BCUT2D eigenvalue weighted by Crippen LogP contribution is 2.31. The van der Waals surface area contributed by atoms with Crippen LogP contribution >= 0.6 is 0 Å². The van der Waals surface area contributed by atoms with Crippen LogP contribution in [0.2, 0.25) is 0 Å². The van der Waals surface area contributed by atoms with E-state index in [-0.39, 0.29) is 6.61 Å². The molecule has 0 radical (unpaired) electrons. The number of rotatable bonds is 10. The summed E-state index contributed by atoms with van der Waals surface area (Å²) < 4.78 is 11.0. The summed E-state index contributed by atoms with van der Waals surface area (Å²) in [6.45, 7) is 2.84. The minimum absolute atomic E-state index is 0.244. The van der Waals surface area contributed by atoms with E-state index in [2.05, 4.69) is 46.3 Å². The predicted molar refractivity (Wildman–Crippen MR) is 128 cm³/mol. The van der Waals surface area contributed by atoms with Gasteiger partial charge in [0.2, 0.25) is 5.82 Å². The van der Waals surface area contributed by atoms with Crippen LogP contribution in [0.3, 0.4) is 0 Å². The molecule has 0 unspecified atom stereocenters. The number of aliphatic hydroxyl groups is 1. The van der Waals surface area contributed by atoms with Crippen molar-refractivity contribution >= 4 is 0 Å². The molecule has 1 N–H and O–H groups in total. The van der Waals surface area contributed by atoms with Crippen molar-refractivity contribution in [2.45, 2.75) is 39.2 Å². The molecule has 0 saturated heterocycles. The highest BCUT2D eigenvalue weighted by atomic mass is 16.5. The van der Waals surface area contributed by atoms with Crippen molar-refractivity contribution in [1.29, 1.82) is 0 Å². The molecule has 2 aromatic carbocycles. The maximum Gasteiger partial charge on any atom is 0.258 e. The van der Waals surface area contributed by atoms with Gasteiger partial charge >= 0.3 is 0 Å². The fraction of sp³-hybridized carbons (Fsp3) is 0.296. The molecule has 33 heavy (non-hydrogen) atoms. The summed E-state index contributed by atoms with van der Waals surface area (Å²) in [5.41, 5.74) is 7.30. The molecule has 0 aliphatic carbocycles. The Bertz CT molecular complexity index is 1190. The summed E-state index contributed by atoms with van der Waals surface area (Å²) >= 11 is 0. The van der Waals surface area contributed by atoms with E-state index in [4.69, 9.17) is 14.4 Å². The zero-order valence-electron chi connectivity index (χ0n) is 19.1. The van der Waals surface area contributed by atoms with Crippen LogP contribution in [-0.4, -0.2) is 33.9 Å². The van der Waals surface area contributed by atoms with E-state index in [1.807, 2.05) is 30.3 Å². The number of aromatic nitrogens is 3. The van der Waals surface area contributed by atoms with Crippen LogP contribution in [0.15, 0.2) is 65.3 Å². The van der Waals surface area contributed by atoms with Crippen molar-refractivity contribution in [3.8, 4) is 34.0 Å². The molecule has 0 atom stereocenters. The van der Waals surface area contributed by atoms with Gasteiger partial charge in [0.25, 0.3) is 5.89 Å². The van der Waals surface area contributed by atoms with E-state index < -0.39 is 0 Å². The maximum absolute atomic E-state index is 8.88. The molecule has 6 heteroatoms. The van der Waals surface area contributed by atoms with Crippen LogP contribution < -0.4 is 0 Å². The molecule has 2 heterocycles. The number of benzene rings is 2. The molecular weight excluding hydrogens is 414 g/mol. The first-order valence-electron chi connectivity index (χ1n) is 11.3. The highest BCUT2D eigenvalue weighted by Gasteiger charge is 2.15. The lowest BCUT2D eigenvalue weighted by Gasteiger charge is -2.12. The van der Waals surface area contributed by atoms with E-state index in [1.165, 1.54) is 11.1 Å². The highest BCUT2D eigenvalue weighted by molar-refractivity contribution is 5.74. The van der Waals surface area contributed by atoms with Crippen molar-refractivity contribution in [2.24, 2.45) is 0 Å². The van der Waals surface area contributed by atoms with Crippen molar-refractivity contribution in [2.75, 3.05) is 13.7 Å². The zero-order valence-corrected chi connectivity index (χ0v) is 19.1. The second kappa shape index (κ2) is 11.0. The van der Waals surface area contributed by atoms with Crippen LogP contribution in [0.1, 0.15) is 36.1 Å². The molecule has 0 amide bonds. The van der Waals surface area contributed by atoms with Crippen LogP contribution in [0.4, 0.5) is 0 Å². The lowest BCUT2D eigenvalue weighted by Crippen LogP contribution is -1.95. The average molecular weight is 444 g/mol. The standard InChI is InChI=1S/C27H29N3O3/c1-19-8-5-6-10-24(19)25-14-12-20(16-22(25)18-32-2)27-29-26(30-33-27)21-11-13-23(28-17-21)9-4-3-7-15-31/h5-6,8,10-14,16-17,31H,3-4,7,9,15,18H2,1-2H3. The molecule has 0 bridgehead atoms. The minimum atomic E-state index is 0.244. The van der Waals surface area contributed by atoms with Gasteiger partial charge in [0, 0.05) is 36.7 Å². The zero-order chi connectivity index (χ0) is 23.0. The van der Waals surface area contributed by atoms with Crippen LogP contribution in [0.5, 0.6) is 0 Å². The number of ether oxygens (including phenoxy) is 1. The van der Waals surface area contributed by atoms with Gasteiger partial charge in [0.15, 0.2) is 0 Å². The first-order chi connectivity index (χ1) is 16.2. The summed E-state index contributed by atoms with van der Waals surface area (Å²) in [6, 6.07) is 18.4. The van der Waals surface area contributed by atoms with E-state index in [9.17, 15) is 0 Å². The molecule has 4 aromatic rings. The van der Waals surface area contributed by atoms with E-state index in [1.54, 1.807) is 13.3 Å². The van der Waals surface area contributed by atoms with Gasteiger partial charge in [0.1, 0.15) is 0 Å². The van der Waals surface area contributed by atoms with E-state index in [0.29, 0.717) is 18.3 Å². The average Bonchev–Trinajstić information content (AvgIpc) is 3.33. The van der Waals surface area contributed by atoms with Gasteiger partial charge in [-0.3, -0.25) is 4.98 Å². The lowest BCUT2D eigenvalue weighted by atomic mass is 9.94. The number of hydrogen-bond acceptors (Lipinski definition) is 6. The second-order valence-electron chi connectivity index (χ2n) is 8.12. The van der Waals surface area contributed by atoms with Crippen molar-refractivity contribution in [3.63, 3.8) is 0 Å². The quantitative estimate of drug-likeness (QED) is 0.320. The van der Waals surface area contributed by atoms with Crippen molar-refractivity contribution < 1.29 is 14.4 Å². The molecule has 0 saturated carbocycles. The Balaban J connectivity index is 1.54. The van der Waals surface area contributed by atoms with Gasteiger partial charge in [-0.25, -0.2) is 0 Å². The molecule has 0 aliphatic heterocycles. The number of unbranched alkanes of at least 4 members (excludes halogenated alkanes) is 2. The molecule has 2 aromatic heterocycles. The Morgan fingerprint density at radius 3 is 2.55 bits per heavy atom. The number of aryl methyl sites for hydroxylation is 2. The summed E-state index contributed by atoms with van der Waals surface area (Å²) in [5.74, 6) is 0.979. The Morgan fingerprint density at radius 2 is 1.79 bits per heavy atom.